The molecule has 0 spiro atoms. The van der Waals surface area contributed by atoms with Crippen molar-refractivity contribution < 1.29 is 14.1 Å². The van der Waals surface area contributed by atoms with Crippen LogP contribution in [0.15, 0.2) is 35.1 Å². The van der Waals surface area contributed by atoms with Gasteiger partial charge in [-0.1, -0.05) is 42.2 Å². The van der Waals surface area contributed by atoms with Crippen molar-refractivity contribution >= 4 is 40.8 Å². The van der Waals surface area contributed by atoms with Gasteiger partial charge in [0.1, 0.15) is 12.8 Å². The highest BCUT2D eigenvalue weighted by Crippen LogP contribution is 2.23. The van der Waals surface area contributed by atoms with Gasteiger partial charge >= 0.3 is 0 Å². The lowest BCUT2D eigenvalue weighted by molar-refractivity contribution is -0.117. The molecule has 1 aromatic carbocycles. The quantitative estimate of drug-likeness (QED) is 0.841. The molecule has 0 radical (unpaired) electrons. The molecular formula is C16H17Cl2N3O3. The van der Waals surface area contributed by atoms with Crippen LogP contribution in [0, 0.1) is 5.92 Å². The third-order valence-corrected chi connectivity index (χ3v) is 3.82. The minimum absolute atomic E-state index is 0.107. The minimum Gasteiger partial charge on any atom is -0.363 e. The average molecular weight is 370 g/mol. The van der Waals surface area contributed by atoms with Crippen molar-refractivity contribution in [3.05, 3.63) is 46.1 Å². The maximum absolute atomic E-state index is 12.7. The van der Waals surface area contributed by atoms with Gasteiger partial charge in [0.2, 0.25) is 5.91 Å². The summed E-state index contributed by atoms with van der Waals surface area (Å²) < 4.78 is 4.65. The van der Waals surface area contributed by atoms with E-state index in [1.165, 1.54) is 23.3 Å². The topological polar surface area (TPSA) is 75.4 Å². The molecule has 0 saturated carbocycles. The maximum atomic E-state index is 12.7. The van der Waals surface area contributed by atoms with Gasteiger partial charge in [-0.3, -0.25) is 9.59 Å². The Bertz CT molecular complexity index is 717. The van der Waals surface area contributed by atoms with Crippen LogP contribution in [0.25, 0.3) is 0 Å². The second kappa shape index (κ2) is 8.17. The second-order valence-corrected chi connectivity index (χ2v) is 6.46. The van der Waals surface area contributed by atoms with Crippen molar-refractivity contribution in [1.82, 2.24) is 10.1 Å². The predicted octanol–water partition coefficient (Wildman–Crippen LogP) is 3.72. The standard InChI is InChI=1S/C16H17Cl2N3O3/c1-10(2)8-21(9-15(22)19-14-5-6-24-20-14)16(23)11-3-4-12(17)13(18)7-11/h3-7,10H,8-9H2,1-2H3,(H,19,20,22). The van der Waals surface area contributed by atoms with Crippen LogP contribution in [-0.2, 0) is 4.79 Å². The van der Waals surface area contributed by atoms with E-state index in [1.807, 2.05) is 13.8 Å². The van der Waals surface area contributed by atoms with Gasteiger partial charge in [0.15, 0.2) is 5.82 Å². The van der Waals surface area contributed by atoms with Crippen molar-refractivity contribution in [1.29, 1.82) is 0 Å². The Morgan fingerprint density at radius 2 is 2.00 bits per heavy atom. The van der Waals surface area contributed by atoms with E-state index < -0.39 is 0 Å². The van der Waals surface area contributed by atoms with Gasteiger partial charge in [0.25, 0.3) is 5.91 Å². The summed E-state index contributed by atoms with van der Waals surface area (Å²) in [5.74, 6) is -0.168. The number of aromatic nitrogens is 1. The Morgan fingerprint density at radius 1 is 1.25 bits per heavy atom. The lowest BCUT2D eigenvalue weighted by Gasteiger charge is -2.24. The molecule has 0 atom stereocenters. The van der Waals surface area contributed by atoms with E-state index in [0.29, 0.717) is 28.0 Å². The predicted molar refractivity (Wildman–Crippen MR) is 92.3 cm³/mol. The SMILES string of the molecule is CC(C)CN(CC(=O)Nc1ccon1)C(=O)c1ccc(Cl)c(Cl)c1. The number of hydrogen-bond acceptors (Lipinski definition) is 4. The molecule has 24 heavy (non-hydrogen) atoms. The molecule has 1 N–H and O–H groups in total. The Morgan fingerprint density at radius 3 is 2.58 bits per heavy atom. The molecule has 0 fully saturated rings. The van der Waals surface area contributed by atoms with Crippen molar-refractivity contribution in [3.8, 4) is 0 Å². The van der Waals surface area contributed by atoms with Crippen LogP contribution in [-0.4, -0.2) is 35.0 Å². The Labute approximate surface area is 149 Å². The summed E-state index contributed by atoms with van der Waals surface area (Å²) in [4.78, 5) is 26.3. The summed E-state index contributed by atoms with van der Waals surface area (Å²) in [6.07, 6.45) is 1.35. The fraction of sp³-hybridized carbons (Fsp3) is 0.312. The number of hydrogen-bond donors (Lipinski definition) is 1. The lowest BCUT2D eigenvalue weighted by atomic mass is 10.1. The zero-order valence-electron chi connectivity index (χ0n) is 13.3. The molecule has 0 bridgehead atoms. The Kier molecular flexibility index (Phi) is 6.23. The number of rotatable bonds is 6. The number of carbonyl (C=O) groups is 2. The first-order valence-corrected chi connectivity index (χ1v) is 8.07. The highest BCUT2D eigenvalue weighted by molar-refractivity contribution is 6.42. The van der Waals surface area contributed by atoms with Crippen LogP contribution in [0.1, 0.15) is 24.2 Å². The summed E-state index contributed by atoms with van der Waals surface area (Å²) in [5.41, 5.74) is 0.374. The number of nitrogens with one attached hydrogen (secondary N) is 1. The van der Waals surface area contributed by atoms with E-state index in [9.17, 15) is 9.59 Å². The molecule has 8 heteroatoms. The number of anilines is 1. The van der Waals surface area contributed by atoms with Crippen LogP contribution in [0.2, 0.25) is 10.0 Å². The number of benzene rings is 1. The van der Waals surface area contributed by atoms with E-state index in [0.717, 1.165) is 0 Å². The van der Waals surface area contributed by atoms with Gasteiger partial charge in [-0.15, -0.1) is 0 Å². The molecule has 0 aliphatic rings. The van der Waals surface area contributed by atoms with E-state index in [4.69, 9.17) is 23.2 Å². The van der Waals surface area contributed by atoms with Gasteiger partial charge in [-0.05, 0) is 24.1 Å². The molecule has 128 valence electrons. The first-order chi connectivity index (χ1) is 11.4. The molecule has 2 amide bonds. The monoisotopic (exact) mass is 369 g/mol. The molecule has 2 rings (SSSR count). The molecule has 6 nitrogen and oxygen atoms in total. The summed E-state index contributed by atoms with van der Waals surface area (Å²) in [5, 5.41) is 6.83. The molecule has 0 unspecified atom stereocenters. The lowest BCUT2D eigenvalue weighted by Crippen LogP contribution is -2.40. The van der Waals surface area contributed by atoms with Crippen LogP contribution >= 0.6 is 23.2 Å². The zero-order chi connectivity index (χ0) is 17.7. The smallest absolute Gasteiger partial charge is 0.254 e. The molecule has 2 aromatic rings. The van der Waals surface area contributed by atoms with Gasteiger partial charge in [0.05, 0.1) is 10.0 Å². The average Bonchev–Trinajstić information content (AvgIpc) is 3.01. The fourth-order valence-electron chi connectivity index (χ4n) is 2.10. The molecule has 0 saturated heterocycles. The largest absolute Gasteiger partial charge is 0.363 e. The number of carbonyl (C=O) groups excluding carboxylic acids is 2. The second-order valence-electron chi connectivity index (χ2n) is 5.64. The van der Waals surface area contributed by atoms with E-state index >= 15 is 0 Å². The van der Waals surface area contributed by atoms with Crippen molar-refractivity contribution in [2.45, 2.75) is 13.8 Å². The van der Waals surface area contributed by atoms with Gasteiger partial charge in [-0.2, -0.15) is 0 Å². The van der Waals surface area contributed by atoms with Gasteiger partial charge < -0.3 is 14.7 Å². The maximum Gasteiger partial charge on any atom is 0.254 e. The van der Waals surface area contributed by atoms with Gasteiger partial charge in [0, 0.05) is 18.2 Å². The van der Waals surface area contributed by atoms with Gasteiger partial charge in [-0.25, -0.2) is 0 Å². The highest BCUT2D eigenvalue weighted by atomic mass is 35.5. The minimum atomic E-state index is -0.363. The molecule has 1 heterocycles. The number of amides is 2. The first-order valence-electron chi connectivity index (χ1n) is 7.31. The summed E-state index contributed by atoms with van der Waals surface area (Å²) in [7, 11) is 0. The Balaban J connectivity index is 2.12. The Hall–Kier alpha value is -2.05. The molecule has 1 aromatic heterocycles. The fourth-order valence-corrected chi connectivity index (χ4v) is 2.40. The van der Waals surface area contributed by atoms with Crippen molar-refractivity contribution in [3.63, 3.8) is 0 Å². The number of nitrogens with zero attached hydrogens (tertiary/aromatic N) is 2. The molecule has 0 aliphatic carbocycles. The van der Waals surface area contributed by atoms with Crippen molar-refractivity contribution in [2.24, 2.45) is 5.92 Å². The molecule has 0 aliphatic heterocycles. The van der Waals surface area contributed by atoms with Crippen LogP contribution in [0.3, 0.4) is 0 Å². The third kappa shape index (κ3) is 4.97. The van der Waals surface area contributed by atoms with Crippen LogP contribution < -0.4 is 5.32 Å². The summed E-state index contributed by atoms with van der Waals surface area (Å²) >= 11 is 11.8. The zero-order valence-corrected chi connectivity index (χ0v) is 14.8. The van der Waals surface area contributed by atoms with E-state index in [2.05, 4.69) is 15.0 Å². The number of halogens is 2. The van der Waals surface area contributed by atoms with Crippen LogP contribution in [0.4, 0.5) is 5.82 Å². The first kappa shape index (κ1) is 18.3. The third-order valence-electron chi connectivity index (χ3n) is 3.08. The molecular weight excluding hydrogens is 353 g/mol. The van der Waals surface area contributed by atoms with E-state index in [-0.39, 0.29) is 24.3 Å². The summed E-state index contributed by atoms with van der Waals surface area (Å²) in [6.45, 7) is 4.24. The van der Waals surface area contributed by atoms with Crippen molar-refractivity contribution in [2.75, 3.05) is 18.4 Å². The normalized spacial score (nSPS) is 10.7. The highest BCUT2D eigenvalue weighted by Gasteiger charge is 2.21. The van der Waals surface area contributed by atoms with E-state index in [1.54, 1.807) is 12.1 Å². The van der Waals surface area contributed by atoms with Crippen LogP contribution in [0.5, 0.6) is 0 Å². The summed E-state index contributed by atoms with van der Waals surface area (Å²) in [6, 6.07) is 6.15.